The molecule has 0 atom stereocenters. The second-order valence-electron chi connectivity index (χ2n) is 4.39. The standard InChI is InChI=1S/C12H10Cl3NO2/c1-4(2)16-11(17)6-7(12(16)18)10(15)9(14)5(3)8(6)13/h4H,1-3H3. The van der Waals surface area contributed by atoms with Crippen molar-refractivity contribution in [3.05, 3.63) is 31.8 Å². The van der Waals surface area contributed by atoms with Crippen molar-refractivity contribution < 1.29 is 9.59 Å². The number of halogens is 3. The minimum absolute atomic E-state index is 0.0927. The second kappa shape index (κ2) is 4.41. The van der Waals surface area contributed by atoms with Crippen LogP contribution in [0.4, 0.5) is 0 Å². The molecule has 0 unspecified atom stereocenters. The van der Waals surface area contributed by atoms with Crippen LogP contribution in [0.2, 0.25) is 15.1 Å². The number of imide groups is 1. The summed E-state index contributed by atoms with van der Waals surface area (Å²) >= 11 is 18.2. The summed E-state index contributed by atoms with van der Waals surface area (Å²) in [7, 11) is 0. The summed E-state index contributed by atoms with van der Waals surface area (Å²) in [6, 6.07) is -0.261. The highest BCUT2D eigenvalue weighted by Crippen LogP contribution is 2.42. The molecular formula is C12H10Cl3NO2. The van der Waals surface area contributed by atoms with E-state index in [-0.39, 0.29) is 32.2 Å². The Kier molecular flexibility index (Phi) is 3.34. The number of hydrogen-bond donors (Lipinski definition) is 0. The van der Waals surface area contributed by atoms with Crippen LogP contribution in [-0.2, 0) is 0 Å². The summed E-state index contributed by atoms with van der Waals surface area (Å²) in [5.74, 6) is -0.865. The zero-order chi connectivity index (χ0) is 13.8. The molecule has 0 N–H and O–H groups in total. The number of hydrogen-bond acceptors (Lipinski definition) is 2. The van der Waals surface area contributed by atoms with Gasteiger partial charge in [-0.05, 0) is 26.3 Å². The van der Waals surface area contributed by atoms with E-state index in [2.05, 4.69) is 0 Å². The van der Waals surface area contributed by atoms with E-state index in [0.717, 1.165) is 4.90 Å². The lowest BCUT2D eigenvalue weighted by Crippen LogP contribution is -2.36. The number of carbonyl (C=O) groups is 2. The molecule has 1 aliphatic rings. The van der Waals surface area contributed by atoms with Gasteiger partial charge in [0.05, 0.1) is 26.2 Å². The Labute approximate surface area is 120 Å². The van der Waals surface area contributed by atoms with Crippen molar-refractivity contribution in [2.45, 2.75) is 26.8 Å². The first kappa shape index (κ1) is 13.7. The van der Waals surface area contributed by atoms with E-state index < -0.39 is 11.8 Å². The van der Waals surface area contributed by atoms with Crippen molar-refractivity contribution in [3.8, 4) is 0 Å². The van der Waals surface area contributed by atoms with Crippen LogP contribution in [0.25, 0.3) is 0 Å². The average molecular weight is 307 g/mol. The Morgan fingerprint density at radius 1 is 0.889 bits per heavy atom. The highest BCUT2D eigenvalue weighted by molar-refractivity contribution is 6.48. The molecule has 1 aromatic rings. The average Bonchev–Trinajstić information content (AvgIpc) is 2.55. The maximum Gasteiger partial charge on any atom is 0.263 e. The normalized spacial score (nSPS) is 14.7. The first-order valence-electron chi connectivity index (χ1n) is 5.34. The molecule has 0 aliphatic carbocycles. The van der Waals surface area contributed by atoms with E-state index in [1.54, 1.807) is 20.8 Å². The van der Waals surface area contributed by atoms with Crippen LogP contribution in [0.5, 0.6) is 0 Å². The fourth-order valence-electron chi connectivity index (χ4n) is 1.98. The van der Waals surface area contributed by atoms with E-state index in [0.29, 0.717) is 5.56 Å². The number of fused-ring (bicyclic) bond motifs is 1. The van der Waals surface area contributed by atoms with Crippen molar-refractivity contribution in [2.24, 2.45) is 0 Å². The van der Waals surface area contributed by atoms with Gasteiger partial charge in [0.2, 0.25) is 0 Å². The molecule has 1 aliphatic heterocycles. The maximum absolute atomic E-state index is 12.2. The van der Waals surface area contributed by atoms with Gasteiger partial charge in [0, 0.05) is 6.04 Å². The minimum atomic E-state index is -0.446. The van der Waals surface area contributed by atoms with Gasteiger partial charge >= 0.3 is 0 Å². The Hall–Kier alpha value is -0.770. The van der Waals surface area contributed by atoms with Gasteiger partial charge in [-0.25, -0.2) is 0 Å². The van der Waals surface area contributed by atoms with E-state index in [1.807, 2.05) is 0 Å². The molecule has 3 nitrogen and oxygen atoms in total. The van der Waals surface area contributed by atoms with Crippen LogP contribution < -0.4 is 0 Å². The minimum Gasteiger partial charge on any atom is -0.272 e. The van der Waals surface area contributed by atoms with Crippen molar-refractivity contribution >= 4 is 46.6 Å². The smallest absolute Gasteiger partial charge is 0.263 e. The van der Waals surface area contributed by atoms with E-state index >= 15 is 0 Å². The summed E-state index contributed by atoms with van der Waals surface area (Å²) in [5.41, 5.74) is 0.770. The largest absolute Gasteiger partial charge is 0.272 e. The molecule has 6 heteroatoms. The van der Waals surface area contributed by atoms with Gasteiger partial charge in [0.1, 0.15) is 0 Å². The highest BCUT2D eigenvalue weighted by atomic mass is 35.5. The molecule has 2 rings (SSSR count). The molecule has 1 heterocycles. The van der Waals surface area contributed by atoms with Gasteiger partial charge in [-0.3, -0.25) is 14.5 Å². The molecule has 0 aromatic heterocycles. The molecule has 2 amide bonds. The molecule has 18 heavy (non-hydrogen) atoms. The van der Waals surface area contributed by atoms with Crippen LogP contribution in [0, 0.1) is 6.92 Å². The highest BCUT2D eigenvalue weighted by Gasteiger charge is 2.42. The van der Waals surface area contributed by atoms with Gasteiger partial charge in [-0.15, -0.1) is 0 Å². The second-order valence-corrected chi connectivity index (χ2v) is 5.52. The van der Waals surface area contributed by atoms with E-state index in [1.165, 1.54) is 0 Å². The Balaban J connectivity index is 2.80. The SMILES string of the molecule is Cc1c(Cl)c(Cl)c2c(c1Cl)C(=O)N(C(C)C)C2=O. The quantitative estimate of drug-likeness (QED) is 0.582. The molecule has 96 valence electrons. The Morgan fingerprint density at radius 2 is 1.33 bits per heavy atom. The van der Waals surface area contributed by atoms with Crippen LogP contribution >= 0.6 is 34.8 Å². The lowest BCUT2D eigenvalue weighted by molar-refractivity contribution is 0.0609. The fourth-order valence-corrected chi connectivity index (χ4v) is 2.81. The molecule has 0 radical (unpaired) electrons. The van der Waals surface area contributed by atoms with Gasteiger partial charge in [0.15, 0.2) is 0 Å². The van der Waals surface area contributed by atoms with Crippen molar-refractivity contribution in [2.75, 3.05) is 0 Å². The van der Waals surface area contributed by atoms with Gasteiger partial charge < -0.3 is 0 Å². The van der Waals surface area contributed by atoms with Crippen LogP contribution in [-0.4, -0.2) is 22.8 Å². The summed E-state index contributed by atoms with van der Waals surface area (Å²) in [6.45, 7) is 5.16. The number of amides is 2. The topological polar surface area (TPSA) is 37.4 Å². The summed E-state index contributed by atoms with van der Waals surface area (Å²) in [6.07, 6.45) is 0. The third-order valence-corrected chi connectivity index (χ3v) is 4.34. The summed E-state index contributed by atoms with van der Waals surface area (Å²) in [4.78, 5) is 25.5. The maximum atomic E-state index is 12.2. The Bertz CT molecular complexity index is 534. The lowest BCUT2D eigenvalue weighted by atomic mass is 10.1. The molecule has 0 saturated carbocycles. The molecular weight excluding hydrogens is 296 g/mol. The van der Waals surface area contributed by atoms with Crippen LogP contribution in [0.15, 0.2) is 0 Å². The Morgan fingerprint density at radius 3 is 1.78 bits per heavy atom. The molecule has 1 aromatic carbocycles. The van der Waals surface area contributed by atoms with E-state index in [4.69, 9.17) is 34.8 Å². The van der Waals surface area contributed by atoms with Gasteiger partial charge in [0.25, 0.3) is 11.8 Å². The fraction of sp³-hybridized carbons (Fsp3) is 0.333. The van der Waals surface area contributed by atoms with E-state index in [9.17, 15) is 9.59 Å². The number of rotatable bonds is 1. The first-order valence-corrected chi connectivity index (χ1v) is 6.47. The number of carbonyl (C=O) groups excluding carboxylic acids is 2. The first-order chi connectivity index (χ1) is 8.29. The van der Waals surface area contributed by atoms with Gasteiger partial charge in [-0.1, -0.05) is 34.8 Å². The number of benzene rings is 1. The molecule has 0 fully saturated rings. The van der Waals surface area contributed by atoms with Crippen LogP contribution in [0.1, 0.15) is 40.1 Å². The lowest BCUT2D eigenvalue weighted by Gasteiger charge is -2.17. The van der Waals surface area contributed by atoms with Crippen molar-refractivity contribution in [3.63, 3.8) is 0 Å². The van der Waals surface area contributed by atoms with Crippen LogP contribution in [0.3, 0.4) is 0 Å². The third-order valence-electron chi connectivity index (χ3n) is 2.92. The summed E-state index contributed by atoms with van der Waals surface area (Å²) in [5, 5.41) is 0.503. The number of nitrogens with zero attached hydrogens (tertiary/aromatic N) is 1. The molecule has 0 saturated heterocycles. The summed E-state index contributed by atoms with van der Waals surface area (Å²) < 4.78 is 0. The molecule has 0 spiro atoms. The predicted molar refractivity (Wildman–Crippen MR) is 71.8 cm³/mol. The van der Waals surface area contributed by atoms with Crippen molar-refractivity contribution in [1.82, 2.24) is 4.90 Å². The third kappa shape index (κ3) is 1.65. The molecule has 0 bridgehead atoms. The van der Waals surface area contributed by atoms with Gasteiger partial charge in [-0.2, -0.15) is 0 Å². The zero-order valence-corrected chi connectivity index (χ0v) is 12.2. The van der Waals surface area contributed by atoms with Crippen molar-refractivity contribution in [1.29, 1.82) is 0 Å². The zero-order valence-electron chi connectivity index (χ0n) is 9.97. The monoisotopic (exact) mass is 305 g/mol. The predicted octanol–water partition coefficient (Wildman–Crippen LogP) is 3.96.